The van der Waals surface area contributed by atoms with Gasteiger partial charge in [0.2, 0.25) is 0 Å². The van der Waals surface area contributed by atoms with Crippen molar-refractivity contribution in [3.05, 3.63) is 35.9 Å². The van der Waals surface area contributed by atoms with Crippen LogP contribution in [0.25, 0.3) is 5.57 Å². The molecule has 4 heteroatoms. The Morgan fingerprint density at radius 1 is 1.17 bits per heavy atom. The van der Waals surface area contributed by atoms with E-state index in [0.717, 1.165) is 29.1 Å². The molecular formula is C20H26O3S. The van der Waals surface area contributed by atoms with Crippen molar-refractivity contribution in [1.82, 2.24) is 0 Å². The first kappa shape index (κ1) is 17.4. The number of allylic oxidation sites excluding steroid dienone is 1. The lowest BCUT2D eigenvalue weighted by molar-refractivity contribution is -0.136. The Labute approximate surface area is 146 Å². The maximum Gasteiger partial charge on any atom is 0.338 e. The largest absolute Gasteiger partial charge is 0.462 e. The molecule has 2 fully saturated rings. The van der Waals surface area contributed by atoms with Crippen LogP contribution in [0.3, 0.4) is 0 Å². The molecule has 0 amide bonds. The highest BCUT2D eigenvalue weighted by molar-refractivity contribution is 7.85. The standard InChI is InChI=1S/C20H26O3S/c1-2-23-20(21)19(13-15-5-3-4-6-15)17-9-11-18(12-10-17)24(22)14-16-7-8-16/h9-13,15-16H,2-8,14H2,1H3/b19-13+. The molecule has 0 saturated heterocycles. The van der Waals surface area contributed by atoms with Crippen LogP contribution in [0.15, 0.2) is 35.2 Å². The fraction of sp³-hybridized carbons (Fsp3) is 0.550. The van der Waals surface area contributed by atoms with Crippen LogP contribution in [-0.4, -0.2) is 22.5 Å². The Morgan fingerprint density at radius 3 is 2.42 bits per heavy atom. The summed E-state index contributed by atoms with van der Waals surface area (Å²) in [5.74, 6) is 1.62. The third kappa shape index (κ3) is 4.56. The predicted octanol–water partition coefficient (Wildman–Crippen LogP) is 4.34. The molecule has 0 aliphatic heterocycles. The smallest absolute Gasteiger partial charge is 0.338 e. The van der Waals surface area contributed by atoms with Crippen molar-refractivity contribution in [3.63, 3.8) is 0 Å². The molecule has 0 radical (unpaired) electrons. The molecule has 0 heterocycles. The summed E-state index contributed by atoms with van der Waals surface area (Å²) in [7, 11) is -0.926. The molecule has 1 atom stereocenters. The zero-order valence-electron chi connectivity index (χ0n) is 14.3. The fourth-order valence-electron chi connectivity index (χ4n) is 3.23. The lowest BCUT2D eigenvalue weighted by Crippen LogP contribution is -2.09. The average Bonchev–Trinajstić information content (AvgIpc) is 3.24. The molecule has 24 heavy (non-hydrogen) atoms. The first-order valence-electron chi connectivity index (χ1n) is 9.05. The lowest BCUT2D eigenvalue weighted by Gasteiger charge is -2.11. The maximum absolute atomic E-state index is 12.4. The van der Waals surface area contributed by atoms with Crippen LogP contribution < -0.4 is 0 Å². The number of carbonyl (C=O) groups is 1. The molecule has 0 aromatic heterocycles. The van der Waals surface area contributed by atoms with Crippen molar-refractivity contribution in [2.75, 3.05) is 12.4 Å². The van der Waals surface area contributed by atoms with Crippen LogP contribution in [0.1, 0.15) is 51.0 Å². The first-order valence-corrected chi connectivity index (χ1v) is 10.4. The molecule has 0 bridgehead atoms. The van der Waals surface area contributed by atoms with Crippen LogP contribution in [0.4, 0.5) is 0 Å². The van der Waals surface area contributed by atoms with Gasteiger partial charge < -0.3 is 4.74 Å². The number of hydrogen-bond donors (Lipinski definition) is 0. The molecule has 1 aromatic carbocycles. The predicted molar refractivity (Wildman–Crippen MR) is 97.0 cm³/mol. The minimum Gasteiger partial charge on any atom is -0.462 e. The molecule has 0 spiro atoms. The van der Waals surface area contributed by atoms with Crippen molar-refractivity contribution >= 4 is 22.3 Å². The van der Waals surface area contributed by atoms with Crippen molar-refractivity contribution < 1.29 is 13.7 Å². The number of hydrogen-bond acceptors (Lipinski definition) is 3. The number of esters is 1. The van der Waals surface area contributed by atoms with E-state index in [0.29, 0.717) is 24.0 Å². The number of ether oxygens (including phenoxy) is 1. The van der Waals surface area contributed by atoms with Crippen LogP contribution in [0, 0.1) is 11.8 Å². The zero-order chi connectivity index (χ0) is 16.9. The van der Waals surface area contributed by atoms with Gasteiger partial charge in [0.05, 0.1) is 23.0 Å². The third-order valence-electron chi connectivity index (χ3n) is 4.81. The van der Waals surface area contributed by atoms with Crippen molar-refractivity contribution in [2.45, 2.75) is 50.3 Å². The molecule has 1 aromatic rings. The Kier molecular flexibility index (Phi) is 5.88. The Hall–Kier alpha value is -1.42. The number of benzene rings is 1. The topological polar surface area (TPSA) is 43.4 Å². The molecule has 0 N–H and O–H groups in total. The van der Waals surface area contributed by atoms with Gasteiger partial charge >= 0.3 is 5.97 Å². The van der Waals surface area contributed by atoms with E-state index in [1.165, 1.54) is 25.7 Å². The summed E-state index contributed by atoms with van der Waals surface area (Å²) in [5, 5.41) is 0. The van der Waals surface area contributed by atoms with Gasteiger partial charge in [-0.05, 0) is 62.1 Å². The second-order valence-electron chi connectivity index (χ2n) is 6.83. The number of carbonyl (C=O) groups excluding carboxylic acids is 1. The van der Waals surface area contributed by atoms with E-state index in [-0.39, 0.29) is 5.97 Å². The van der Waals surface area contributed by atoms with Gasteiger partial charge in [-0.3, -0.25) is 4.21 Å². The monoisotopic (exact) mass is 346 g/mol. The van der Waals surface area contributed by atoms with E-state index >= 15 is 0 Å². The molecule has 3 nitrogen and oxygen atoms in total. The van der Waals surface area contributed by atoms with Gasteiger partial charge in [0.1, 0.15) is 0 Å². The highest BCUT2D eigenvalue weighted by Crippen LogP contribution is 2.32. The SMILES string of the molecule is CCOC(=O)/C(=C/C1CCCC1)c1ccc(S(=O)CC2CC2)cc1. The summed E-state index contributed by atoms with van der Waals surface area (Å²) >= 11 is 0. The van der Waals surface area contributed by atoms with E-state index in [4.69, 9.17) is 4.74 Å². The fourth-order valence-corrected chi connectivity index (χ4v) is 4.63. The van der Waals surface area contributed by atoms with Crippen LogP contribution >= 0.6 is 0 Å². The van der Waals surface area contributed by atoms with E-state index < -0.39 is 10.8 Å². The van der Waals surface area contributed by atoms with Crippen molar-refractivity contribution in [3.8, 4) is 0 Å². The van der Waals surface area contributed by atoms with Gasteiger partial charge in [0, 0.05) is 10.6 Å². The second-order valence-corrected chi connectivity index (χ2v) is 8.32. The molecule has 130 valence electrons. The maximum atomic E-state index is 12.4. The molecule has 2 saturated carbocycles. The van der Waals surface area contributed by atoms with Gasteiger partial charge in [-0.15, -0.1) is 0 Å². The highest BCUT2D eigenvalue weighted by Gasteiger charge is 2.24. The van der Waals surface area contributed by atoms with Gasteiger partial charge in [-0.2, -0.15) is 0 Å². The third-order valence-corrected chi connectivity index (χ3v) is 6.38. The highest BCUT2D eigenvalue weighted by atomic mass is 32.2. The van der Waals surface area contributed by atoms with Gasteiger partial charge in [-0.1, -0.05) is 31.1 Å². The summed E-state index contributed by atoms with van der Waals surface area (Å²) in [6, 6.07) is 7.63. The van der Waals surface area contributed by atoms with E-state index in [1.54, 1.807) is 0 Å². The van der Waals surface area contributed by atoms with E-state index in [9.17, 15) is 9.00 Å². The summed E-state index contributed by atoms with van der Waals surface area (Å²) in [6.07, 6.45) is 9.26. The summed E-state index contributed by atoms with van der Waals surface area (Å²) in [4.78, 5) is 13.2. The Morgan fingerprint density at radius 2 is 1.83 bits per heavy atom. The normalized spacial score (nSPS) is 20.1. The Balaban J connectivity index is 1.78. The quantitative estimate of drug-likeness (QED) is 0.545. The van der Waals surface area contributed by atoms with Gasteiger partial charge in [0.15, 0.2) is 0 Å². The average molecular weight is 346 g/mol. The van der Waals surface area contributed by atoms with Crippen LogP contribution in [-0.2, 0) is 20.3 Å². The second kappa shape index (κ2) is 8.11. The van der Waals surface area contributed by atoms with Crippen LogP contribution in [0.2, 0.25) is 0 Å². The van der Waals surface area contributed by atoms with Gasteiger partial charge in [-0.25, -0.2) is 4.79 Å². The number of rotatable bonds is 7. The van der Waals surface area contributed by atoms with E-state index in [1.807, 2.05) is 31.2 Å². The molecule has 3 rings (SSSR count). The molecule has 2 aliphatic rings. The lowest BCUT2D eigenvalue weighted by atomic mass is 9.99. The summed E-state index contributed by atoms with van der Waals surface area (Å²) in [6.45, 7) is 2.21. The molecule has 1 unspecified atom stereocenters. The van der Waals surface area contributed by atoms with Crippen molar-refractivity contribution in [1.29, 1.82) is 0 Å². The summed E-state index contributed by atoms with van der Waals surface area (Å²) < 4.78 is 17.5. The minimum atomic E-state index is -0.926. The molecular weight excluding hydrogens is 320 g/mol. The zero-order valence-corrected chi connectivity index (χ0v) is 15.1. The Bertz CT molecular complexity index is 623. The van der Waals surface area contributed by atoms with E-state index in [2.05, 4.69) is 6.08 Å². The van der Waals surface area contributed by atoms with Crippen molar-refractivity contribution in [2.24, 2.45) is 11.8 Å². The van der Waals surface area contributed by atoms with Gasteiger partial charge in [0.25, 0.3) is 0 Å². The molecule has 2 aliphatic carbocycles. The van der Waals surface area contributed by atoms with Crippen LogP contribution in [0.5, 0.6) is 0 Å². The first-order chi connectivity index (χ1) is 11.7. The minimum absolute atomic E-state index is 0.253. The summed E-state index contributed by atoms with van der Waals surface area (Å²) in [5.41, 5.74) is 1.52.